The second kappa shape index (κ2) is 7.13. The van der Waals surface area contributed by atoms with E-state index in [1.54, 1.807) is 18.2 Å². The van der Waals surface area contributed by atoms with E-state index >= 15 is 0 Å². The number of anilines is 1. The molecule has 5 heteroatoms. The summed E-state index contributed by atoms with van der Waals surface area (Å²) in [5.41, 5.74) is 0.553. The molecule has 0 heterocycles. The van der Waals surface area contributed by atoms with Crippen molar-refractivity contribution in [1.29, 1.82) is 0 Å². The van der Waals surface area contributed by atoms with Crippen LogP contribution in [0.5, 0.6) is 11.5 Å². The third-order valence-electron chi connectivity index (χ3n) is 4.15. The summed E-state index contributed by atoms with van der Waals surface area (Å²) in [5.74, 6) is 1.27. The molecule has 0 amide bonds. The molecule has 0 aromatic heterocycles. The number of fused-ring (bicyclic) bond motifs is 1. The minimum atomic E-state index is -3.70. The standard InChI is InChI=1S/C22H17NO3S/c24-27(25,23-22-12-6-8-17-7-4-5-11-21(17)22)20-15-13-19(14-16-20)26-18-9-2-1-3-10-18/h1-16,23H. The molecule has 1 N–H and O–H groups in total. The normalized spacial score (nSPS) is 11.3. The Morgan fingerprint density at radius 1 is 0.630 bits per heavy atom. The fraction of sp³-hybridized carbons (Fsp3) is 0. The number of hydrogen-bond donors (Lipinski definition) is 1. The first-order valence-electron chi connectivity index (χ1n) is 8.45. The molecule has 4 aromatic rings. The van der Waals surface area contributed by atoms with Gasteiger partial charge in [0, 0.05) is 5.39 Å². The van der Waals surface area contributed by atoms with Gasteiger partial charge in [-0.3, -0.25) is 4.72 Å². The largest absolute Gasteiger partial charge is 0.457 e. The van der Waals surface area contributed by atoms with Crippen molar-refractivity contribution in [2.24, 2.45) is 0 Å². The lowest BCUT2D eigenvalue weighted by atomic mass is 10.1. The maximum absolute atomic E-state index is 12.8. The zero-order valence-corrected chi connectivity index (χ0v) is 15.2. The van der Waals surface area contributed by atoms with E-state index in [1.807, 2.05) is 66.7 Å². The monoisotopic (exact) mass is 375 g/mol. The van der Waals surface area contributed by atoms with Crippen molar-refractivity contribution in [3.8, 4) is 11.5 Å². The Morgan fingerprint density at radius 2 is 1.26 bits per heavy atom. The highest BCUT2D eigenvalue weighted by molar-refractivity contribution is 7.92. The van der Waals surface area contributed by atoms with E-state index in [1.165, 1.54) is 12.1 Å². The van der Waals surface area contributed by atoms with Gasteiger partial charge in [0.05, 0.1) is 10.6 Å². The third-order valence-corrected chi connectivity index (χ3v) is 5.53. The topological polar surface area (TPSA) is 55.4 Å². The van der Waals surface area contributed by atoms with Gasteiger partial charge in [0.2, 0.25) is 0 Å². The number of benzene rings is 4. The molecule has 0 atom stereocenters. The zero-order chi connectivity index (χ0) is 18.7. The minimum Gasteiger partial charge on any atom is -0.457 e. The van der Waals surface area contributed by atoms with E-state index in [0.717, 1.165) is 10.8 Å². The van der Waals surface area contributed by atoms with Crippen LogP contribution in [-0.2, 0) is 10.0 Å². The van der Waals surface area contributed by atoms with Crippen LogP contribution >= 0.6 is 0 Å². The summed E-state index contributed by atoms with van der Waals surface area (Å²) in [7, 11) is -3.70. The third kappa shape index (κ3) is 3.78. The van der Waals surface area contributed by atoms with Crippen molar-refractivity contribution in [2.45, 2.75) is 4.90 Å². The Hall–Kier alpha value is -3.31. The molecule has 0 bridgehead atoms. The average Bonchev–Trinajstić information content (AvgIpc) is 2.69. The molecule has 4 nitrogen and oxygen atoms in total. The first kappa shape index (κ1) is 17.1. The van der Waals surface area contributed by atoms with E-state index < -0.39 is 10.0 Å². The maximum Gasteiger partial charge on any atom is 0.261 e. The van der Waals surface area contributed by atoms with Crippen LogP contribution in [0.25, 0.3) is 10.8 Å². The second-order valence-corrected chi connectivity index (χ2v) is 7.70. The molecule has 4 aromatic carbocycles. The van der Waals surface area contributed by atoms with Crippen molar-refractivity contribution < 1.29 is 13.2 Å². The predicted molar refractivity (Wildman–Crippen MR) is 108 cm³/mol. The number of rotatable bonds is 5. The molecule has 134 valence electrons. The van der Waals surface area contributed by atoms with Crippen LogP contribution in [0.3, 0.4) is 0 Å². The van der Waals surface area contributed by atoms with Crippen molar-refractivity contribution in [1.82, 2.24) is 0 Å². The average molecular weight is 375 g/mol. The lowest BCUT2D eigenvalue weighted by Crippen LogP contribution is -2.13. The van der Waals surface area contributed by atoms with Crippen LogP contribution in [0.2, 0.25) is 0 Å². The van der Waals surface area contributed by atoms with Crippen LogP contribution in [0.15, 0.2) is 102 Å². The first-order valence-corrected chi connectivity index (χ1v) is 9.94. The summed E-state index contributed by atoms with van der Waals surface area (Å²) in [6.45, 7) is 0. The van der Waals surface area contributed by atoms with Crippen LogP contribution in [-0.4, -0.2) is 8.42 Å². The molecule has 0 aliphatic carbocycles. The molecule has 0 saturated heterocycles. The Bertz CT molecular complexity index is 1170. The lowest BCUT2D eigenvalue weighted by Gasteiger charge is -2.11. The summed E-state index contributed by atoms with van der Waals surface area (Å²) in [6.07, 6.45) is 0. The fourth-order valence-corrected chi connectivity index (χ4v) is 3.91. The highest BCUT2D eigenvalue weighted by Gasteiger charge is 2.15. The van der Waals surface area contributed by atoms with E-state index in [9.17, 15) is 8.42 Å². The van der Waals surface area contributed by atoms with E-state index in [-0.39, 0.29) is 4.90 Å². The summed E-state index contributed by atoms with van der Waals surface area (Å²) in [5, 5.41) is 1.83. The van der Waals surface area contributed by atoms with Crippen molar-refractivity contribution in [3.05, 3.63) is 97.1 Å². The molecule has 0 spiro atoms. The van der Waals surface area contributed by atoms with Gasteiger partial charge in [-0.2, -0.15) is 0 Å². The molecule has 27 heavy (non-hydrogen) atoms. The van der Waals surface area contributed by atoms with Gasteiger partial charge in [-0.05, 0) is 47.9 Å². The van der Waals surface area contributed by atoms with Gasteiger partial charge in [-0.1, -0.05) is 54.6 Å². The minimum absolute atomic E-state index is 0.177. The van der Waals surface area contributed by atoms with Crippen LogP contribution in [0.1, 0.15) is 0 Å². The van der Waals surface area contributed by atoms with Crippen LogP contribution in [0.4, 0.5) is 5.69 Å². The number of hydrogen-bond acceptors (Lipinski definition) is 3. The first-order chi connectivity index (χ1) is 13.1. The molecule has 0 aliphatic heterocycles. The van der Waals surface area contributed by atoms with E-state index in [4.69, 9.17) is 4.74 Å². The second-order valence-electron chi connectivity index (χ2n) is 6.02. The van der Waals surface area contributed by atoms with Crippen molar-refractivity contribution in [3.63, 3.8) is 0 Å². The molecule has 0 radical (unpaired) electrons. The molecule has 4 rings (SSSR count). The van der Waals surface area contributed by atoms with Gasteiger partial charge in [0.1, 0.15) is 11.5 Å². The van der Waals surface area contributed by atoms with Crippen LogP contribution in [0, 0.1) is 0 Å². The maximum atomic E-state index is 12.8. The summed E-state index contributed by atoms with van der Waals surface area (Å²) >= 11 is 0. The Kier molecular flexibility index (Phi) is 4.52. The van der Waals surface area contributed by atoms with Gasteiger partial charge in [0.15, 0.2) is 0 Å². The SMILES string of the molecule is O=S(=O)(Nc1cccc2ccccc12)c1ccc(Oc2ccccc2)cc1. The van der Waals surface area contributed by atoms with Gasteiger partial charge in [-0.15, -0.1) is 0 Å². The van der Waals surface area contributed by atoms with E-state index in [2.05, 4.69) is 4.72 Å². The van der Waals surface area contributed by atoms with Gasteiger partial charge >= 0.3 is 0 Å². The molecule has 0 saturated carbocycles. The number of para-hydroxylation sites is 1. The summed E-state index contributed by atoms with van der Waals surface area (Å²) in [4.78, 5) is 0.177. The number of ether oxygens (including phenoxy) is 1. The predicted octanol–water partition coefficient (Wildman–Crippen LogP) is 5.43. The highest BCUT2D eigenvalue weighted by atomic mass is 32.2. The summed E-state index contributed by atoms with van der Waals surface area (Å²) in [6, 6.07) is 28.9. The van der Waals surface area contributed by atoms with Gasteiger partial charge < -0.3 is 4.74 Å². The van der Waals surface area contributed by atoms with Gasteiger partial charge in [-0.25, -0.2) is 8.42 Å². The smallest absolute Gasteiger partial charge is 0.261 e. The van der Waals surface area contributed by atoms with Crippen LogP contribution < -0.4 is 9.46 Å². The molecular formula is C22H17NO3S. The van der Waals surface area contributed by atoms with Gasteiger partial charge in [0.25, 0.3) is 10.0 Å². The summed E-state index contributed by atoms with van der Waals surface area (Å²) < 4.78 is 33.9. The molecule has 0 fully saturated rings. The Labute approximate surface area is 158 Å². The molecular weight excluding hydrogens is 358 g/mol. The fourth-order valence-electron chi connectivity index (χ4n) is 2.83. The zero-order valence-electron chi connectivity index (χ0n) is 14.4. The lowest BCUT2D eigenvalue weighted by molar-refractivity contribution is 0.482. The molecule has 0 unspecified atom stereocenters. The Morgan fingerprint density at radius 3 is 2.04 bits per heavy atom. The van der Waals surface area contributed by atoms with Crippen molar-refractivity contribution >= 4 is 26.5 Å². The van der Waals surface area contributed by atoms with E-state index in [0.29, 0.717) is 17.2 Å². The number of sulfonamides is 1. The number of nitrogens with one attached hydrogen (secondary N) is 1. The highest BCUT2D eigenvalue weighted by Crippen LogP contribution is 2.27. The molecule has 0 aliphatic rings. The Balaban J connectivity index is 1.58. The van der Waals surface area contributed by atoms with Crippen molar-refractivity contribution in [2.75, 3.05) is 4.72 Å². The quantitative estimate of drug-likeness (QED) is 0.506.